The highest BCUT2D eigenvalue weighted by Crippen LogP contribution is 2.41. The van der Waals surface area contributed by atoms with Gasteiger partial charge in [-0.1, -0.05) is 30.3 Å². The summed E-state index contributed by atoms with van der Waals surface area (Å²) < 4.78 is 29.6. The molecule has 7 nitrogen and oxygen atoms in total. The van der Waals surface area contributed by atoms with Crippen LogP contribution in [0, 0.1) is 12.7 Å². The van der Waals surface area contributed by atoms with Gasteiger partial charge in [-0.25, -0.2) is 14.2 Å². The second-order valence-corrected chi connectivity index (χ2v) is 10.1. The van der Waals surface area contributed by atoms with E-state index in [0.29, 0.717) is 55.4 Å². The summed E-state index contributed by atoms with van der Waals surface area (Å²) in [6, 6.07) is 20.2. The van der Waals surface area contributed by atoms with Crippen LogP contribution in [0.4, 0.5) is 9.39 Å². The van der Waals surface area contributed by atoms with Crippen LogP contribution in [0.15, 0.2) is 72.8 Å². The van der Waals surface area contributed by atoms with E-state index in [1.54, 1.807) is 50.6 Å². The minimum atomic E-state index is -0.611. The second kappa shape index (κ2) is 11.2. The first-order chi connectivity index (χ1) is 19.3. The summed E-state index contributed by atoms with van der Waals surface area (Å²) in [7, 11) is 4.41. The Morgan fingerprint density at radius 1 is 0.925 bits per heavy atom. The molecular formula is C31H25FN2O5S. The zero-order chi connectivity index (χ0) is 28.4. The Labute approximate surface area is 234 Å². The van der Waals surface area contributed by atoms with E-state index in [1.807, 2.05) is 31.2 Å². The smallest absolute Gasteiger partial charge is 0.341 e. The van der Waals surface area contributed by atoms with Gasteiger partial charge in [0.2, 0.25) is 0 Å². The number of carbonyl (C=O) groups is 2. The number of carbonyl (C=O) groups excluding carboxylic acids is 2. The van der Waals surface area contributed by atoms with E-state index in [4.69, 9.17) is 19.2 Å². The number of benzene rings is 3. The number of ether oxygens (including phenoxy) is 3. The van der Waals surface area contributed by atoms with Crippen LogP contribution in [-0.2, 0) is 4.74 Å². The first-order valence-electron chi connectivity index (χ1n) is 12.3. The number of pyridine rings is 1. The molecule has 0 aliphatic carbocycles. The molecule has 5 aromatic rings. The van der Waals surface area contributed by atoms with Gasteiger partial charge < -0.3 is 19.5 Å². The van der Waals surface area contributed by atoms with Crippen molar-refractivity contribution in [2.45, 2.75) is 6.92 Å². The van der Waals surface area contributed by atoms with Gasteiger partial charge in [-0.3, -0.25) is 4.79 Å². The standard InChI is InChI=1S/C31H25FN2O5S/c1-17-27(18-9-11-19(32)12-10-18)28(31(36)39-4)30(40-17)34-29(35)22-16-25(33-24-8-6-5-7-21(22)24)23-15-20(37-2)13-14-26(23)38-3/h5-16H,1-4H3,(H,34,35). The van der Waals surface area contributed by atoms with Crippen LogP contribution in [0.3, 0.4) is 0 Å². The van der Waals surface area contributed by atoms with Gasteiger partial charge in [0, 0.05) is 21.4 Å². The third-order valence-electron chi connectivity index (χ3n) is 6.48. The number of halogens is 1. The number of fused-ring (bicyclic) bond motifs is 1. The minimum Gasteiger partial charge on any atom is -0.497 e. The summed E-state index contributed by atoms with van der Waals surface area (Å²) in [5, 5.41) is 3.89. The molecule has 0 atom stereocenters. The molecule has 0 saturated heterocycles. The van der Waals surface area contributed by atoms with Gasteiger partial charge in [-0.05, 0) is 55.0 Å². The molecule has 40 heavy (non-hydrogen) atoms. The summed E-state index contributed by atoms with van der Waals surface area (Å²) in [6.07, 6.45) is 0. The summed E-state index contributed by atoms with van der Waals surface area (Å²) in [5.74, 6) is -0.250. The molecule has 9 heteroatoms. The molecule has 202 valence electrons. The fourth-order valence-electron chi connectivity index (χ4n) is 4.58. The van der Waals surface area contributed by atoms with Crippen LogP contribution >= 0.6 is 11.3 Å². The van der Waals surface area contributed by atoms with Crippen molar-refractivity contribution in [2.75, 3.05) is 26.6 Å². The highest BCUT2D eigenvalue weighted by Gasteiger charge is 2.26. The van der Waals surface area contributed by atoms with Gasteiger partial charge in [0.1, 0.15) is 27.9 Å². The number of hydrogen-bond acceptors (Lipinski definition) is 7. The molecule has 0 unspecified atom stereocenters. The first kappa shape index (κ1) is 26.8. The lowest BCUT2D eigenvalue weighted by Gasteiger charge is -2.14. The Balaban J connectivity index is 1.63. The third-order valence-corrected chi connectivity index (χ3v) is 7.50. The van der Waals surface area contributed by atoms with Crippen LogP contribution in [-0.4, -0.2) is 38.2 Å². The predicted molar refractivity (Wildman–Crippen MR) is 154 cm³/mol. The maximum Gasteiger partial charge on any atom is 0.341 e. The summed E-state index contributed by atoms with van der Waals surface area (Å²) in [6.45, 7) is 1.83. The van der Waals surface area contributed by atoms with Gasteiger partial charge in [-0.15, -0.1) is 11.3 Å². The average Bonchev–Trinajstić information content (AvgIpc) is 3.31. The van der Waals surface area contributed by atoms with Gasteiger partial charge in [-0.2, -0.15) is 0 Å². The monoisotopic (exact) mass is 556 g/mol. The van der Waals surface area contributed by atoms with Crippen molar-refractivity contribution in [3.8, 4) is 33.9 Å². The van der Waals surface area contributed by atoms with E-state index in [2.05, 4.69) is 5.32 Å². The van der Waals surface area contributed by atoms with Crippen LogP contribution < -0.4 is 14.8 Å². The zero-order valence-corrected chi connectivity index (χ0v) is 23.0. The van der Waals surface area contributed by atoms with E-state index in [1.165, 1.54) is 30.6 Å². The average molecular weight is 557 g/mol. The SMILES string of the molecule is COC(=O)c1c(NC(=O)c2cc(-c3cc(OC)ccc3OC)nc3ccccc23)sc(C)c1-c1ccc(F)cc1. The largest absolute Gasteiger partial charge is 0.497 e. The van der Waals surface area contributed by atoms with Crippen molar-refractivity contribution in [1.29, 1.82) is 0 Å². The molecule has 0 spiro atoms. The Kier molecular flexibility index (Phi) is 7.48. The highest BCUT2D eigenvalue weighted by molar-refractivity contribution is 7.17. The number of nitrogens with zero attached hydrogens (tertiary/aromatic N) is 1. The first-order valence-corrected chi connectivity index (χ1v) is 13.1. The van der Waals surface area contributed by atoms with Crippen LogP contribution in [0.25, 0.3) is 33.3 Å². The van der Waals surface area contributed by atoms with E-state index < -0.39 is 17.7 Å². The zero-order valence-electron chi connectivity index (χ0n) is 22.2. The van der Waals surface area contributed by atoms with Crippen LogP contribution in [0.2, 0.25) is 0 Å². The normalized spacial score (nSPS) is 10.8. The molecule has 0 radical (unpaired) electrons. The summed E-state index contributed by atoms with van der Waals surface area (Å²) in [4.78, 5) is 32.3. The molecule has 1 amide bonds. The number of rotatable bonds is 7. The van der Waals surface area contributed by atoms with Gasteiger partial charge in [0.25, 0.3) is 5.91 Å². The highest BCUT2D eigenvalue weighted by atomic mass is 32.1. The molecule has 2 aromatic heterocycles. The topological polar surface area (TPSA) is 86.8 Å². The number of para-hydroxylation sites is 1. The predicted octanol–water partition coefficient (Wildman–Crippen LogP) is 7.13. The number of hydrogen-bond donors (Lipinski definition) is 1. The van der Waals surface area contributed by atoms with Crippen LogP contribution in [0.1, 0.15) is 25.6 Å². The second-order valence-electron chi connectivity index (χ2n) is 8.83. The number of thiophene rings is 1. The Morgan fingerprint density at radius 2 is 1.68 bits per heavy atom. The van der Waals surface area contributed by atoms with Crippen LogP contribution in [0.5, 0.6) is 11.5 Å². The number of amides is 1. The summed E-state index contributed by atoms with van der Waals surface area (Å²) >= 11 is 1.25. The maximum absolute atomic E-state index is 13.9. The Bertz CT molecular complexity index is 1750. The van der Waals surface area contributed by atoms with Crippen molar-refractivity contribution < 1.29 is 28.2 Å². The fraction of sp³-hybridized carbons (Fsp3) is 0.129. The summed E-state index contributed by atoms with van der Waals surface area (Å²) in [5.41, 5.74) is 3.56. The number of esters is 1. The third kappa shape index (κ3) is 4.99. The minimum absolute atomic E-state index is 0.206. The fourth-order valence-corrected chi connectivity index (χ4v) is 5.64. The van der Waals surface area contributed by atoms with Crippen molar-refractivity contribution in [3.63, 3.8) is 0 Å². The Hall–Kier alpha value is -4.76. The van der Waals surface area contributed by atoms with Gasteiger partial charge in [0.15, 0.2) is 0 Å². The molecule has 3 aromatic carbocycles. The van der Waals surface area contributed by atoms with Crippen molar-refractivity contribution >= 4 is 39.1 Å². The lowest BCUT2D eigenvalue weighted by atomic mass is 10.0. The number of nitrogens with one attached hydrogen (secondary N) is 1. The molecule has 0 aliphatic rings. The molecule has 0 aliphatic heterocycles. The quantitative estimate of drug-likeness (QED) is 0.215. The molecule has 2 heterocycles. The number of aryl methyl sites for hydroxylation is 1. The maximum atomic E-state index is 13.9. The Morgan fingerprint density at radius 3 is 2.38 bits per heavy atom. The van der Waals surface area contributed by atoms with Crippen molar-refractivity contribution in [3.05, 3.63) is 94.6 Å². The van der Waals surface area contributed by atoms with E-state index in [9.17, 15) is 14.0 Å². The molecule has 0 fully saturated rings. The lowest BCUT2D eigenvalue weighted by molar-refractivity contribution is 0.0603. The van der Waals surface area contributed by atoms with E-state index >= 15 is 0 Å². The van der Waals surface area contributed by atoms with Gasteiger partial charge in [0.05, 0.1) is 38.1 Å². The molecule has 1 N–H and O–H groups in total. The van der Waals surface area contributed by atoms with Gasteiger partial charge >= 0.3 is 5.97 Å². The van der Waals surface area contributed by atoms with Crippen molar-refractivity contribution in [2.24, 2.45) is 0 Å². The molecule has 5 rings (SSSR count). The number of methoxy groups -OCH3 is 3. The van der Waals surface area contributed by atoms with Crippen molar-refractivity contribution in [1.82, 2.24) is 4.98 Å². The number of anilines is 1. The van der Waals surface area contributed by atoms with E-state index in [-0.39, 0.29) is 5.56 Å². The number of aromatic nitrogens is 1. The molecule has 0 bridgehead atoms. The molecule has 0 saturated carbocycles. The molecular weight excluding hydrogens is 531 g/mol. The van der Waals surface area contributed by atoms with E-state index in [0.717, 1.165) is 4.88 Å². The lowest BCUT2D eigenvalue weighted by Crippen LogP contribution is -2.15.